The minimum Gasteiger partial charge on any atom is -0.490 e. The Bertz CT molecular complexity index is 433. The summed E-state index contributed by atoms with van der Waals surface area (Å²) in [7, 11) is 0. The van der Waals surface area contributed by atoms with E-state index in [4.69, 9.17) is 10.5 Å². The number of carbonyl (C=O) groups is 1. The van der Waals surface area contributed by atoms with Crippen molar-refractivity contribution in [2.45, 2.75) is 32.3 Å². The molecule has 18 heavy (non-hydrogen) atoms. The van der Waals surface area contributed by atoms with Gasteiger partial charge in [0.2, 0.25) is 0 Å². The molecule has 1 aromatic carbocycles. The molecule has 0 bridgehead atoms. The van der Waals surface area contributed by atoms with Gasteiger partial charge in [0.05, 0.1) is 13.0 Å². The Morgan fingerprint density at radius 3 is 3.17 bits per heavy atom. The lowest BCUT2D eigenvalue weighted by molar-refractivity contribution is -0.270. The van der Waals surface area contributed by atoms with Gasteiger partial charge in [0, 0.05) is 5.69 Å². The fraction of sp³-hybridized carbons (Fsp3) is 0.462. The first kappa shape index (κ1) is 12.7. The van der Waals surface area contributed by atoms with Gasteiger partial charge in [-0.2, -0.15) is 4.89 Å². The predicted molar refractivity (Wildman–Crippen MR) is 65.9 cm³/mol. The summed E-state index contributed by atoms with van der Waals surface area (Å²) in [5, 5.41) is 0. The molecule has 0 radical (unpaired) electrons. The molecule has 0 spiro atoms. The minimum atomic E-state index is -0.402. The van der Waals surface area contributed by atoms with Crippen molar-refractivity contribution in [3.8, 4) is 5.75 Å². The molecule has 1 atom stereocenters. The highest BCUT2D eigenvalue weighted by molar-refractivity contribution is 5.69. The highest BCUT2D eigenvalue weighted by atomic mass is 17.2. The monoisotopic (exact) mass is 251 g/mol. The van der Waals surface area contributed by atoms with E-state index in [1.807, 2.05) is 12.1 Å². The SMILES string of the molecule is CCOOC(=O)CC1CCc2cc(N)ccc2O1. The number of anilines is 1. The molecule has 0 aliphatic carbocycles. The third kappa shape index (κ3) is 3.13. The van der Waals surface area contributed by atoms with E-state index >= 15 is 0 Å². The fourth-order valence-electron chi connectivity index (χ4n) is 1.95. The van der Waals surface area contributed by atoms with Crippen LogP contribution in [0.5, 0.6) is 5.75 Å². The maximum Gasteiger partial charge on any atom is 0.346 e. The molecule has 5 nitrogen and oxygen atoms in total. The average Bonchev–Trinajstić information content (AvgIpc) is 2.36. The third-order valence-electron chi connectivity index (χ3n) is 2.78. The number of carbonyl (C=O) groups excluding carboxylic acids is 1. The lowest BCUT2D eigenvalue weighted by Crippen LogP contribution is -2.26. The van der Waals surface area contributed by atoms with Crippen molar-refractivity contribution in [1.82, 2.24) is 0 Å². The van der Waals surface area contributed by atoms with Crippen LogP contribution < -0.4 is 10.5 Å². The second-order valence-electron chi connectivity index (χ2n) is 4.21. The molecule has 1 heterocycles. The minimum absolute atomic E-state index is 0.158. The van der Waals surface area contributed by atoms with Crippen LogP contribution in [0.1, 0.15) is 25.3 Å². The molecule has 1 unspecified atom stereocenters. The summed E-state index contributed by atoms with van der Waals surface area (Å²) in [6.07, 6.45) is 1.67. The van der Waals surface area contributed by atoms with Gasteiger partial charge < -0.3 is 10.5 Å². The van der Waals surface area contributed by atoms with Gasteiger partial charge in [-0.05, 0) is 43.5 Å². The summed E-state index contributed by atoms with van der Waals surface area (Å²) in [6, 6.07) is 5.54. The molecule has 1 aromatic rings. The summed E-state index contributed by atoms with van der Waals surface area (Å²) in [4.78, 5) is 20.6. The number of nitrogens with two attached hydrogens (primary N) is 1. The smallest absolute Gasteiger partial charge is 0.346 e. The van der Waals surface area contributed by atoms with Gasteiger partial charge in [-0.25, -0.2) is 4.79 Å². The van der Waals surface area contributed by atoms with Crippen LogP contribution in [0.3, 0.4) is 0 Å². The van der Waals surface area contributed by atoms with Crippen LogP contribution in [-0.4, -0.2) is 18.7 Å². The zero-order valence-corrected chi connectivity index (χ0v) is 10.3. The number of hydrogen-bond acceptors (Lipinski definition) is 5. The zero-order chi connectivity index (χ0) is 13.0. The number of aryl methyl sites for hydroxylation is 1. The third-order valence-corrected chi connectivity index (χ3v) is 2.78. The first-order chi connectivity index (χ1) is 8.69. The Morgan fingerprint density at radius 1 is 1.56 bits per heavy atom. The summed E-state index contributed by atoms with van der Waals surface area (Å²) in [5.74, 6) is 0.394. The number of nitrogen functional groups attached to an aromatic ring is 1. The maximum absolute atomic E-state index is 11.4. The van der Waals surface area contributed by atoms with E-state index in [9.17, 15) is 4.79 Å². The standard InChI is InChI=1S/C13H17NO4/c1-2-16-18-13(15)8-11-5-3-9-7-10(14)4-6-12(9)17-11/h4,6-7,11H,2-3,5,8,14H2,1H3. The molecule has 1 aliphatic heterocycles. The van der Waals surface area contributed by atoms with E-state index < -0.39 is 5.97 Å². The van der Waals surface area contributed by atoms with Crippen molar-refractivity contribution >= 4 is 11.7 Å². The van der Waals surface area contributed by atoms with Crippen LogP contribution in [-0.2, 0) is 21.0 Å². The van der Waals surface area contributed by atoms with E-state index in [0.29, 0.717) is 6.61 Å². The Kier molecular flexibility index (Phi) is 4.04. The fourth-order valence-corrected chi connectivity index (χ4v) is 1.95. The average molecular weight is 251 g/mol. The highest BCUT2D eigenvalue weighted by Gasteiger charge is 2.23. The normalized spacial score (nSPS) is 17.7. The van der Waals surface area contributed by atoms with Crippen LogP contribution in [0.15, 0.2) is 18.2 Å². The highest BCUT2D eigenvalue weighted by Crippen LogP contribution is 2.30. The number of fused-ring (bicyclic) bond motifs is 1. The first-order valence-corrected chi connectivity index (χ1v) is 6.06. The van der Waals surface area contributed by atoms with Gasteiger partial charge in [0.15, 0.2) is 0 Å². The van der Waals surface area contributed by atoms with E-state index in [1.54, 1.807) is 13.0 Å². The Labute approximate surface area is 106 Å². The van der Waals surface area contributed by atoms with Crippen LogP contribution in [0.25, 0.3) is 0 Å². The van der Waals surface area contributed by atoms with Crippen molar-refractivity contribution in [1.29, 1.82) is 0 Å². The Morgan fingerprint density at radius 2 is 2.39 bits per heavy atom. The van der Waals surface area contributed by atoms with Gasteiger partial charge in [-0.1, -0.05) is 0 Å². The Balaban J connectivity index is 1.91. The molecule has 5 heteroatoms. The summed E-state index contributed by atoms with van der Waals surface area (Å²) >= 11 is 0. The van der Waals surface area contributed by atoms with Crippen molar-refractivity contribution in [3.63, 3.8) is 0 Å². The topological polar surface area (TPSA) is 70.8 Å². The molecule has 0 fully saturated rings. The quantitative estimate of drug-likeness (QED) is 0.502. The second kappa shape index (κ2) is 5.73. The molecule has 0 aromatic heterocycles. The van der Waals surface area contributed by atoms with Gasteiger partial charge >= 0.3 is 5.97 Å². The maximum atomic E-state index is 11.4. The van der Waals surface area contributed by atoms with Crippen LogP contribution >= 0.6 is 0 Å². The largest absolute Gasteiger partial charge is 0.490 e. The van der Waals surface area contributed by atoms with Gasteiger partial charge in [0.25, 0.3) is 0 Å². The van der Waals surface area contributed by atoms with Gasteiger partial charge in [-0.15, -0.1) is 0 Å². The summed E-state index contributed by atoms with van der Waals surface area (Å²) in [6.45, 7) is 2.10. The van der Waals surface area contributed by atoms with E-state index in [-0.39, 0.29) is 12.5 Å². The van der Waals surface area contributed by atoms with Crippen molar-refractivity contribution in [2.75, 3.05) is 12.3 Å². The van der Waals surface area contributed by atoms with Crippen molar-refractivity contribution < 1.29 is 19.3 Å². The predicted octanol–water partition coefficient (Wildman–Crippen LogP) is 1.85. The van der Waals surface area contributed by atoms with E-state index in [2.05, 4.69) is 9.78 Å². The number of ether oxygens (including phenoxy) is 1. The van der Waals surface area contributed by atoms with Crippen LogP contribution in [0.4, 0.5) is 5.69 Å². The molecule has 0 amide bonds. The molecule has 0 saturated heterocycles. The van der Waals surface area contributed by atoms with Crippen LogP contribution in [0, 0.1) is 0 Å². The summed E-state index contributed by atoms with van der Waals surface area (Å²) < 4.78 is 5.73. The molecule has 0 saturated carbocycles. The zero-order valence-electron chi connectivity index (χ0n) is 10.3. The lowest BCUT2D eigenvalue weighted by Gasteiger charge is -2.25. The number of hydrogen-bond donors (Lipinski definition) is 1. The van der Waals surface area contributed by atoms with E-state index in [0.717, 1.165) is 29.8 Å². The van der Waals surface area contributed by atoms with Gasteiger partial charge in [0.1, 0.15) is 11.9 Å². The second-order valence-corrected chi connectivity index (χ2v) is 4.21. The first-order valence-electron chi connectivity index (χ1n) is 6.06. The van der Waals surface area contributed by atoms with Gasteiger partial charge in [-0.3, -0.25) is 4.89 Å². The Hall–Kier alpha value is -1.75. The van der Waals surface area contributed by atoms with Crippen molar-refractivity contribution in [3.05, 3.63) is 23.8 Å². The van der Waals surface area contributed by atoms with Crippen molar-refractivity contribution in [2.24, 2.45) is 0 Å². The number of benzene rings is 1. The molecule has 98 valence electrons. The van der Waals surface area contributed by atoms with Crippen LogP contribution in [0.2, 0.25) is 0 Å². The number of rotatable bonds is 4. The molecule has 1 aliphatic rings. The molecular formula is C13H17NO4. The summed E-state index contributed by atoms with van der Waals surface area (Å²) in [5.41, 5.74) is 7.52. The molecular weight excluding hydrogens is 234 g/mol. The molecule has 2 N–H and O–H groups in total. The lowest BCUT2D eigenvalue weighted by atomic mass is 10.00. The van der Waals surface area contributed by atoms with E-state index in [1.165, 1.54) is 0 Å². The molecule has 2 rings (SSSR count).